The van der Waals surface area contributed by atoms with Crippen molar-refractivity contribution in [3.05, 3.63) is 107 Å². The Morgan fingerprint density at radius 2 is 1.12 bits per heavy atom. The Labute approximate surface area is 145 Å². The van der Waals surface area contributed by atoms with Crippen molar-refractivity contribution in [1.29, 1.82) is 0 Å². The molecule has 24 heavy (non-hydrogen) atoms. The van der Waals surface area contributed by atoms with Crippen LogP contribution in [0.1, 0.15) is 35.2 Å². The lowest BCUT2D eigenvalue weighted by Crippen LogP contribution is -2.26. The summed E-state index contributed by atoms with van der Waals surface area (Å²) in [4.78, 5) is 2.55. The fraction of sp³-hybridized carbons (Fsp3) is 0.217. The second-order valence-corrected chi connectivity index (χ2v) is 6.41. The van der Waals surface area contributed by atoms with Gasteiger partial charge in [0, 0.05) is 19.1 Å². The van der Waals surface area contributed by atoms with Gasteiger partial charge in [-0.25, -0.2) is 0 Å². The molecule has 1 nitrogen and oxygen atoms in total. The average molecular weight is 315 g/mol. The fourth-order valence-corrected chi connectivity index (χ4v) is 3.22. The van der Waals surface area contributed by atoms with Gasteiger partial charge in [0.2, 0.25) is 0 Å². The summed E-state index contributed by atoms with van der Waals surface area (Å²) in [6.07, 6.45) is 0. The minimum atomic E-state index is 0.367. The predicted octanol–water partition coefficient (Wildman–Crippen LogP) is 5.76. The molecule has 1 heteroatoms. The van der Waals surface area contributed by atoms with Crippen molar-refractivity contribution in [2.45, 2.75) is 33.0 Å². The number of hydrogen-bond donors (Lipinski definition) is 0. The Morgan fingerprint density at radius 3 is 1.62 bits per heavy atom. The molecule has 0 aliphatic rings. The van der Waals surface area contributed by atoms with E-state index in [1.165, 1.54) is 22.3 Å². The number of hydrogen-bond acceptors (Lipinski definition) is 1. The molecule has 0 radical (unpaired) electrons. The number of nitrogens with zero attached hydrogens (tertiary/aromatic N) is 1. The molecule has 1 unspecified atom stereocenters. The molecular formula is C23H25N. The molecule has 3 rings (SSSR count). The molecule has 0 saturated carbocycles. The second-order valence-electron chi connectivity index (χ2n) is 6.41. The van der Waals surface area contributed by atoms with Crippen LogP contribution >= 0.6 is 0 Å². The summed E-state index contributed by atoms with van der Waals surface area (Å²) in [6, 6.07) is 30.6. The van der Waals surface area contributed by atoms with Gasteiger partial charge in [0.05, 0.1) is 0 Å². The van der Waals surface area contributed by atoms with Crippen LogP contribution in [0.25, 0.3) is 0 Å². The highest BCUT2D eigenvalue weighted by atomic mass is 15.1. The van der Waals surface area contributed by atoms with E-state index in [2.05, 4.69) is 104 Å². The molecule has 0 amide bonds. The lowest BCUT2D eigenvalue weighted by Gasteiger charge is -2.30. The summed E-state index contributed by atoms with van der Waals surface area (Å²) in [6.45, 7) is 6.42. The van der Waals surface area contributed by atoms with Crippen molar-refractivity contribution in [1.82, 2.24) is 4.90 Å². The van der Waals surface area contributed by atoms with Gasteiger partial charge in [-0.3, -0.25) is 4.90 Å². The minimum Gasteiger partial charge on any atom is -0.288 e. The van der Waals surface area contributed by atoms with E-state index in [-0.39, 0.29) is 0 Å². The smallest absolute Gasteiger partial charge is 0.0329 e. The lowest BCUT2D eigenvalue weighted by atomic mass is 10.00. The van der Waals surface area contributed by atoms with E-state index < -0.39 is 0 Å². The maximum Gasteiger partial charge on any atom is 0.0329 e. The summed E-state index contributed by atoms with van der Waals surface area (Å²) in [5, 5.41) is 0. The van der Waals surface area contributed by atoms with Gasteiger partial charge < -0.3 is 0 Å². The molecule has 1 atom stereocenters. The predicted molar refractivity (Wildman–Crippen MR) is 102 cm³/mol. The third kappa shape index (κ3) is 4.12. The van der Waals surface area contributed by atoms with Gasteiger partial charge in [-0.2, -0.15) is 0 Å². The Bertz CT molecular complexity index is 708. The third-order valence-electron chi connectivity index (χ3n) is 4.64. The van der Waals surface area contributed by atoms with E-state index >= 15 is 0 Å². The Morgan fingerprint density at radius 1 is 0.667 bits per heavy atom. The van der Waals surface area contributed by atoms with Crippen LogP contribution in [0, 0.1) is 6.92 Å². The van der Waals surface area contributed by atoms with E-state index in [4.69, 9.17) is 0 Å². The van der Waals surface area contributed by atoms with Crippen LogP contribution in [0.3, 0.4) is 0 Å². The topological polar surface area (TPSA) is 3.24 Å². The highest BCUT2D eigenvalue weighted by Crippen LogP contribution is 2.26. The standard InChI is InChI=1S/C23H25N/c1-19-11-9-10-16-23(19)20(2)24(17-21-12-5-3-6-13-21)18-22-14-7-4-8-15-22/h3-16,20H,17-18H2,1-2H3. The molecular weight excluding hydrogens is 290 g/mol. The van der Waals surface area contributed by atoms with Gasteiger partial charge in [-0.1, -0.05) is 84.9 Å². The van der Waals surface area contributed by atoms with Crippen LogP contribution in [-0.4, -0.2) is 4.90 Å². The fourth-order valence-electron chi connectivity index (χ4n) is 3.22. The van der Waals surface area contributed by atoms with Gasteiger partial charge in [-0.05, 0) is 36.1 Å². The first-order valence-electron chi connectivity index (χ1n) is 8.61. The zero-order valence-corrected chi connectivity index (χ0v) is 14.5. The monoisotopic (exact) mass is 315 g/mol. The molecule has 0 N–H and O–H groups in total. The SMILES string of the molecule is Cc1ccccc1C(C)N(Cc1ccccc1)Cc1ccccc1. The zero-order chi connectivity index (χ0) is 16.8. The van der Waals surface area contributed by atoms with Gasteiger partial charge >= 0.3 is 0 Å². The van der Waals surface area contributed by atoms with Gasteiger partial charge in [0.25, 0.3) is 0 Å². The first kappa shape index (κ1) is 16.5. The number of rotatable bonds is 6. The van der Waals surface area contributed by atoms with Crippen molar-refractivity contribution in [2.24, 2.45) is 0 Å². The van der Waals surface area contributed by atoms with Crippen LogP contribution in [0.2, 0.25) is 0 Å². The molecule has 122 valence electrons. The van der Waals surface area contributed by atoms with Crippen LogP contribution in [0.4, 0.5) is 0 Å². The summed E-state index contributed by atoms with van der Waals surface area (Å²) in [5.41, 5.74) is 5.48. The third-order valence-corrected chi connectivity index (χ3v) is 4.64. The van der Waals surface area contributed by atoms with Crippen molar-refractivity contribution in [3.63, 3.8) is 0 Å². The highest BCUT2D eigenvalue weighted by molar-refractivity contribution is 5.29. The molecule has 0 bridgehead atoms. The maximum absolute atomic E-state index is 2.55. The number of aryl methyl sites for hydroxylation is 1. The van der Waals surface area contributed by atoms with Crippen molar-refractivity contribution < 1.29 is 0 Å². The Hall–Kier alpha value is -2.38. The largest absolute Gasteiger partial charge is 0.288 e. The highest BCUT2D eigenvalue weighted by Gasteiger charge is 2.18. The minimum absolute atomic E-state index is 0.367. The molecule has 0 aliphatic heterocycles. The molecule has 0 spiro atoms. The van der Waals surface area contributed by atoms with Crippen LogP contribution in [-0.2, 0) is 13.1 Å². The zero-order valence-electron chi connectivity index (χ0n) is 14.5. The van der Waals surface area contributed by atoms with Crippen LogP contribution in [0.5, 0.6) is 0 Å². The molecule has 0 heterocycles. The first-order chi connectivity index (χ1) is 11.7. The summed E-state index contributed by atoms with van der Waals surface area (Å²) in [7, 11) is 0. The van der Waals surface area contributed by atoms with Crippen LogP contribution in [0.15, 0.2) is 84.9 Å². The summed E-state index contributed by atoms with van der Waals surface area (Å²) in [5.74, 6) is 0. The number of benzene rings is 3. The second kappa shape index (κ2) is 7.94. The normalized spacial score (nSPS) is 12.3. The Balaban J connectivity index is 1.87. The van der Waals surface area contributed by atoms with E-state index in [1.807, 2.05) is 0 Å². The summed E-state index contributed by atoms with van der Waals surface area (Å²) < 4.78 is 0. The van der Waals surface area contributed by atoms with E-state index in [9.17, 15) is 0 Å². The molecule has 0 aromatic heterocycles. The quantitative estimate of drug-likeness (QED) is 0.559. The molecule has 3 aromatic rings. The van der Waals surface area contributed by atoms with Crippen molar-refractivity contribution in [3.8, 4) is 0 Å². The molecule has 0 fully saturated rings. The summed E-state index contributed by atoms with van der Waals surface area (Å²) >= 11 is 0. The van der Waals surface area contributed by atoms with Crippen LogP contribution < -0.4 is 0 Å². The Kier molecular flexibility index (Phi) is 5.45. The van der Waals surface area contributed by atoms with Crippen molar-refractivity contribution >= 4 is 0 Å². The maximum atomic E-state index is 2.55. The van der Waals surface area contributed by atoms with Gasteiger partial charge in [0.1, 0.15) is 0 Å². The first-order valence-corrected chi connectivity index (χ1v) is 8.61. The van der Waals surface area contributed by atoms with Gasteiger partial charge in [-0.15, -0.1) is 0 Å². The van der Waals surface area contributed by atoms with Crippen molar-refractivity contribution in [2.75, 3.05) is 0 Å². The molecule has 0 saturated heterocycles. The lowest BCUT2D eigenvalue weighted by molar-refractivity contribution is 0.191. The van der Waals surface area contributed by atoms with E-state index in [1.54, 1.807) is 0 Å². The van der Waals surface area contributed by atoms with E-state index in [0.29, 0.717) is 6.04 Å². The molecule has 0 aliphatic carbocycles. The average Bonchev–Trinajstić information content (AvgIpc) is 2.63. The molecule has 3 aromatic carbocycles. The van der Waals surface area contributed by atoms with E-state index in [0.717, 1.165) is 13.1 Å². The van der Waals surface area contributed by atoms with Gasteiger partial charge in [0.15, 0.2) is 0 Å².